The predicted molar refractivity (Wildman–Crippen MR) is 125 cm³/mol. The van der Waals surface area contributed by atoms with E-state index in [0.29, 0.717) is 12.6 Å². The number of ether oxygens (including phenoxy) is 1. The third-order valence-corrected chi connectivity index (χ3v) is 7.04. The van der Waals surface area contributed by atoms with Gasteiger partial charge in [-0.25, -0.2) is 4.79 Å². The standard InChI is InChI=1S/C28H31NO2/c1-19(2)8-7-9-20-16-21-14-15-22(17-20)29(21)28(30)31-18-27-25-12-5-3-10-23(25)24-11-4-6-13-26(24)27/h3-6,8,10-13,16,21-22,27H,7,9,14-15,17-18H2,1-2H3. The SMILES string of the molecule is CC(C)=CCCC1=CC2CCC(C1)N2C(=O)OCC1c2ccccc2-c2ccccc21. The van der Waals surface area contributed by atoms with Crippen LogP contribution in [0.3, 0.4) is 0 Å². The molecule has 0 saturated carbocycles. The molecule has 2 aromatic rings. The Balaban J connectivity index is 1.27. The number of amides is 1. The highest BCUT2D eigenvalue weighted by Gasteiger charge is 2.40. The maximum atomic E-state index is 13.1. The Morgan fingerprint density at radius 3 is 2.35 bits per heavy atom. The lowest BCUT2D eigenvalue weighted by Crippen LogP contribution is -2.43. The summed E-state index contributed by atoms with van der Waals surface area (Å²) >= 11 is 0. The van der Waals surface area contributed by atoms with Crippen molar-refractivity contribution >= 4 is 6.09 Å². The largest absolute Gasteiger partial charge is 0.448 e. The average molecular weight is 414 g/mol. The van der Waals surface area contributed by atoms with Crippen LogP contribution in [0.4, 0.5) is 4.79 Å². The Labute approximate surface area is 185 Å². The van der Waals surface area contributed by atoms with Crippen molar-refractivity contribution < 1.29 is 9.53 Å². The Morgan fingerprint density at radius 1 is 1.03 bits per heavy atom. The maximum Gasteiger partial charge on any atom is 0.410 e. The highest BCUT2D eigenvalue weighted by atomic mass is 16.6. The molecule has 5 rings (SSSR count). The molecule has 0 aromatic heterocycles. The molecule has 1 amide bonds. The molecular weight excluding hydrogens is 382 g/mol. The van der Waals surface area contributed by atoms with E-state index in [9.17, 15) is 4.79 Å². The number of nitrogens with zero attached hydrogens (tertiary/aromatic N) is 1. The van der Waals surface area contributed by atoms with Gasteiger partial charge in [0.2, 0.25) is 0 Å². The number of hydrogen-bond acceptors (Lipinski definition) is 2. The first kappa shape index (κ1) is 20.1. The van der Waals surface area contributed by atoms with Gasteiger partial charge in [0.25, 0.3) is 0 Å². The molecule has 2 atom stereocenters. The van der Waals surface area contributed by atoms with Crippen LogP contribution in [0, 0.1) is 0 Å². The number of fused-ring (bicyclic) bond motifs is 5. The van der Waals surface area contributed by atoms with Crippen molar-refractivity contribution in [1.82, 2.24) is 4.90 Å². The zero-order chi connectivity index (χ0) is 21.4. The number of carbonyl (C=O) groups excluding carboxylic acids is 1. The summed E-state index contributed by atoms with van der Waals surface area (Å²) in [6.45, 7) is 4.70. The third kappa shape index (κ3) is 3.82. The fourth-order valence-corrected chi connectivity index (χ4v) is 5.60. The van der Waals surface area contributed by atoms with Gasteiger partial charge in [0.05, 0.1) is 6.04 Å². The molecule has 1 fully saturated rings. The van der Waals surface area contributed by atoms with Gasteiger partial charge in [-0.2, -0.15) is 0 Å². The number of hydrogen-bond donors (Lipinski definition) is 0. The van der Waals surface area contributed by atoms with E-state index in [0.717, 1.165) is 32.1 Å². The summed E-state index contributed by atoms with van der Waals surface area (Å²) in [5.41, 5.74) is 7.94. The Kier molecular flexibility index (Phi) is 5.43. The van der Waals surface area contributed by atoms with Gasteiger partial charge in [-0.1, -0.05) is 71.8 Å². The van der Waals surface area contributed by atoms with Gasteiger partial charge in [-0.05, 0) is 68.2 Å². The lowest BCUT2D eigenvalue weighted by Gasteiger charge is -2.33. The van der Waals surface area contributed by atoms with Crippen LogP contribution in [0.15, 0.2) is 71.8 Å². The lowest BCUT2D eigenvalue weighted by atomic mass is 9.97. The Bertz CT molecular complexity index is 1000. The molecule has 3 heteroatoms. The summed E-state index contributed by atoms with van der Waals surface area (Å²) in [4.78, 5) is 15.1. The second-order valence-corrected chi connectivity index (χ2v) is 9.36. The molecule has 0 spiro atoms. The molecule has 0 N–H and O–H groups in total. The number of rotatable bonds is 5. The van der Waals surface area contributed by atoms with Crippen molar-refractivity contribution in [3.63, 3.8) is 0 Å². The summed E-state index contributed by atoms with van der Waals surface area (Å²) in [5, 5.41) is 0. The van der Waals surface area contributed by atoms with Crippen molar-refractivity contribution in [2.24, 2.45) is 0 Å². The van der Waals surface area contributed by atoms with Crippen molar-refractivity contribution in [3.05, 3.63) is 83.0 Å². The fraction of sp³-hybridized carbons (Fsp3) is 0.393. The summed E-state index contributed by atoms with van der Waals surface area (Å²) in [5.74, 6) is 0.119. The van der Waals surface area contributed by atoms with E-state index in [2.05, 4.69) is 74.5 Å². The summed E-state index contributed by atoms with van der Waals surface area (Å²) in [6, 6.07) is 17.5. The molecule has 2 heterocycles. The quantitative estimate of drug-likeness (QED) is 0.502. The van der Waals surface area contributed by atoms with Gasteiger partial charge in [-0.3, -0.25) is 4.90 Å². The molecule has 0 radical (unpaired) electrons. The molecule has 31 heavy (non-hydrogen) atoms. The van der Waals surface area contributed by atoms with Gasteiger partial charge in [0.15, 0.2) is 0 Å². The summed E-state index contributed by atoms with van der Waals surface area (Å²) in [7, 11) is 0. The molecule has 2 unspecified atom stereocenters. The number of benzene rings is 2. The molecule has 3 aliphatic rings. The minimum atomic E-state index is -0.144. The first-order valence-corrected chi connectivity index (χ1v) is 11.6. The predicted octanol–water partition coefficient (Wildman–Crippen LogP) is 6.85. The van der Waals surface area contributed by atoms with E-state index >= 15 is 0 Å². The van der Waals surface area contributed by atoms with Crippen LogP contribution in [0.2, 0.25) is 0 Å². The first-order chi connectivity index (χ1) is 15.1. The fourth-order valence-electron chi connectivity index (χ4n) is 5.60. The summed E-state index contributed by atoms with van der Waals surface area (Å²) in [6.07, 6.45) is 9.84. The normalized spacial score (nSPS) is 21.4. The smallest absolute Gasteiger partial charge is 0.410 e. The number of carbonyl (C=O) groups is 1. The zero-order valence-corrected chi connectivity index (χ0v) is 18.5. The molecular formula is C28H31NO2. The van der Waals surface area contributed by atoms with Gasteiger partial charge < -0.3 is 4.74 Å². The minimum Gasteiger partial charge on any atom is -0.448 e. The molecule has 1 saturated heterocycles. The van der Waals surface area contributed by atoms with Crippen molar-refractivity contribution in [3.8, 4) is 11.1 Å². The Hall–Kier alpha value is -2.81. The topological polar surface area (TPSA) is 29.5 Å². The van der Waals surface area contributed by atoms with Gasteiger partial charge in [-0.15, -0.1) is 0 Å². The summed E-state index contributed by atoms with van der Waals surface area (Å²) < 4.78 is 5.96. The molecule has 2 bridgehead atoms. The second kappa shape index (κ2) is 8.37. The second-order valence-electron chi connectivity index (χ2n) is 9.36. The van der Waals surface area contributed by atoms with E-state index in [4.69, 9.17) is 4.74 Å². The zero-order valence-electron chi connectivity index (χ0n) is 18.5. The van der Waals surface area contributed by atoms with Crippen molar-refractivity contribution in [2.75, 3.05) is 6.61 Å². The van der Waals surface area contributed by atoms with Crippen LogP contribution >= 0.6 is 0 Å². The van der Waals surface area contributed by atoms with E-state index in [1.165, 1.54) is 33.4 Å². The minimum absolute atomic E-state index is 0.119. The third-order valence-electron chi connectivity index (χ3n) is 7.04. The van der Waals surface area contributed by atoms with E-state index < -0.39 is 0 Å². The highest BCUT2D eigenvalue weighted by molar-refractivity contribution is 5.79. The van der Waals surface area contributed by atoms with Crippen LogP contribution in [-0.4, -0.2) is 29.7 Å². The highest BCUT2D eigenvalue weighted by Crippen LogP contribution is 2.45. The van der Waals surface area contributed by atoms with E-state index in [1.54, 1.807) is 0 Å². The van der Waals surface area contributed by atoms with Crippen LogP contribution < -0.4 is 0 Å². The van der Waals surface area contributed by atoms with Gasteiger partial charge >= 0.3 is 6.09 Å². The van der Waals surface area contributed by atoms with Crippen LogP contribution in [-0.2, 0) is 4.74 Å². The van der Waals surface area contributed by atoms with Crippen molar-refractivity contribution in [2.45, 2.75) is 64.0 Å². The van der Waals surface area contributed by atoms with Crippen LogP contribution in [0.1, 0.15) is 63.0 Å². The Morgan fingerprint density at radius 2 is 1.71 bits per heavy atom. The maximum absolute atomic E-state index is 13.1. The lowest BCUT2D eigenvalue weighted by molar-refractivity contribution is 0.0849. The van der Waals surface area contributed by atoms with Crippen molar-refractivity contribution in [1.29, 1.82) is 0 Å². The van der Waals surface area contributed by atoms with Crippen LogP contribution in [0.5, 0.6) is 0 Å². The average Bonchev–Trinajstić information content (AvgIpc) is 3.23. The molecule has 1 aliphatic carbocycles. The molecule has 3 nitrogen and oxygen atoms in total. The molecule has 160 valence electrons. The van der Waals surface area contributed by atoms with Gasteiger partial charge in [0.1, 0.15) is 6.61 Å². The van der Waals surface area contributed by atoms with Gasteiger partial charge in [0, 0.05) is 12.0 Å². The monoisotopic (exact) mass is 413 g/mol. The van der Waals surface area contributed by atoms with Crippen LogP contribution in [0.25, 0.3) is 11.1 Å². The van der Waals surface area contributed by atoms with E-state index in [-0.39, 0.29) is 18.1 Å². The first-order valence-electron chi connectivity index (χ1n) is 11.6. The van der Waals surface area contributed by atoms with E-state index in [1.807, 2.05) is 4.90 Å². The molecule has 2 aromatic carbocycles. The molecule has 2 aliphatic heterocycles. The number of allylic oxidation sites excluding steroid dienone is 2.